The molecule has 0 fully saturated rings. The van der Waals surface area contributed by atoms with E-state index in [-0.39, 0.29) is 18.4 Å². The van der Waals surface area contributed by atoms with Gasteiger partial charge in [-0.05, 0) is 44.5 Å². The van der Waals surface area contributed by atoms with Crippen LogP contribution >= 0.6 is 12.4 Å². The van der Waals surface area contributed by atoms with Crippen LogP contribution in [0.15, 0.2) is 34.3 Å². The van der Waals surface area contributed by atoms with Gasteiger partial charge in [-0.25, -0.2) is 4.99 Å². The molecule has 0 saturated heterocycles. The zero-order chi connectivity index (χ0) is 18.3. The fourth-order valence-electron chi connectivity index (χ4n) is 3.02. The lowest BCUT2D eigenvalue weighted by atomic mass is 10.1. The van der Waals surface area contributed by atoms with Gasteiger partial charge in [-0.1, -0.05) is 39.0 Å². The minimum atomic E-state index is -0.573. The minimum absolute atomic E-state index is 0. The summed E-state index contributed by atoms with van der Waals surface area (Å²) in [4.78, 5) is 10.3. The molecule has 0 radical (unpaired) electrons. The number of unbranched alkanes of at least 4 members (excludes halogenated alkanes) is 5. The summed E-state index contributed by atoms with van der Waals surface area (Å²) in [5.41, 5.74) is 12.1. The van der Waals surface area contributed by atoms with Crippen LogP contribution in [0.2, 0.25) is 0 Å². The molecule has 2 rings (SSSR count). The molecule has 0 spiro atoms. The second-order valence-corrected chi connectivity index (χ2v) is 6.88. The van der Waals surface area contributed by atoms with Gasteiger partial charge in [0.2, 0.25) is 11.9 Å². The van der Waals surface area contributed by atoms with E-state index in [1.807, 2.05) is 43.0 Å². The number of guanidine groups is 2. The van der Waals surface area contributed by atoms with E-state index < -0.39 is 5.66 Å². The molecule has 7 heteroatoms. The Morgan fingerprint density at radius 2 is 1.62 bits per heavy atom. The first-order valence-electron chi connectivity index (χ1n) is 9.16. The number of anilines is 1. The summed E-state index contributed by atoms with van der Waals surface area (Å²) < 4.78 is 5.82. The molecule has 26 heavy (non-hydrogen) atoms. The third-order valence-electron chi connectivity index (χ3n) is 4.26. The second kappa shape index (κ2) is 10.3. The molecule has 0 amide bonds. The Balaban J connectivity index is 0.00000338. The predicted molar refractivity (Wildman–Crippen MR) is 112 cm³/mol. The molecule has 1 aromatic rings. The zero-order valence-electron chi connectivity index (χ0n) is 16.1. The van der Waals surface area contributed by atoms with Crippen molar-refractivity contribution in [2.75, 3.05) is 11.5 Å². The summed E-state index contributed by atoms with van der Waals surface area (Å²) in [5, 5.41) is 0. The molecular weight excluding hydrogens is 350 g/mol. The first-order chi connectivity index (χ1) is 11.9. The number of ether oxygens (including phenoxy) is 1. The first kappa shape index (κ1) is 22.1. The van der Waals surface area contributed by atoms with Gasteiger partial charge >= 0.3 is 0 Å². The predicted octanol–water partition coefficient (Wildman–Crippen LogP) is 4.03. The molecule has 0 aliphatic carbocycles. The van der Waals surface area contributed by atoms with Crippen molar-refractivity contribution in [2.24, 2.45) is 21.5 Å². The Morgan fingerprint density at radius 1 is 1.00 bits per heavy atom. The van der Waals surface area contributed by atoms with Crippen molar-refractivity contribution in [3.8, 4) is 5.75 Å². The standard InChI is InChI=1S/C19H31N5O.ClH/c1-4-5-6-7-8-9-14-25-16-12-10-15(11-13-16)24-18(21)22-17(20)23-19(24,2)3;/h10-13H,4-9,14H2,1-3H3,(H4,20,21,22,23);1H. The Hall–Kier alpha value is -1.95. The third-order valence-corrected chi connectivity index (χ3v) is 4.26. The summed E-state index contributed by atoms with van der Waals surface area (Å²) >= 11 is 0. The van der Waals surface area contributed by atoms with Gasteiger partial charge in [0.1, 0.15) is 11.4 Å². The van der Waals surface area contributed by atoms with Crippen LogP contribution < -0.4 is 21.1 Å². The number of aliphatic imine (C=N–C) groups is 2. The zero-order valence-corrected chi connectivity index (χ0v) is 16.9. The SMILES string of the molecule is CCCCCCCCOc1ccc(N2C(N)=NC(N)=NC2(C)C)cc1.Cl. The van der Waals surface area contributed by atoms with Crippen molar-refractivity contribution in [2.45, 2.75) is 65.0 Å². The number of hydrogen-bond donors (Lipinski definition) is 2. The van der Waals surface area contributed by atoms with Crippen LogP contribution in [0.1, 0.15) is 59.3 Å². The van der Waals surface area contributed by atoms with E-state index in [9.17, 15) is 0 Å². The summed E-state index contributed by atoms with van der Waals surface area (Å²) in [6, 6.07) is 7.85. The first-order valence-corrected chi connectivity index (χ1v) is 9.16. The largest absolute Gasteiger partial charge is 0.494 e. The highest BCUT2D eigenvalue weighted by atomic mass is 35.5. The minimum Gasteiger partial charge on any atom is -0.494 e. The van der Waals surface area contributed by atoms with Crippen molar-refractivity contribution in [3.63, 3.8) is 0 Å². The van der Waals surface area contributed by atoms with Crippen molar-refractivity contribution >= 4 is 30.0 Å². The van der Waals surface area contributed by atoms with Crippen LogP contribution in [-0.2, 0) is 0 Å². The lowest BCUT2D eigenvalue weighted by molar-refractivity contribution is 0.304. The second-order valence-electron chi connectivity index (χ2n) is 6.88. The normalized spacial score (nSPS) is 15.7. The van der Waals surface area contributed by atoms with Crippen LogP contribution in [0.3, 0.4) is 0 Å². The average Bonchev–Trinajstić information content (AvgIpc) is 2.53. The Bertz CT molecular complexity index is 613. The molecule has 0 unspecified atom stereocenters. The lowest BCUT2D eigenvalue weighted by Gasteiger charge is -2.38. The van der Waals surface area contributed by atoms with Crippen LogP contribution in [-0.4, -0.2) is 24.2 Å². The maximum atomic E-state index is 6.05. The molecule has 146 valence electrons. The van der Waals surface area contributed by atoms with E-state index in [1.54, 1.807) is 0 Å². The van der Waals surface area contributed by atoms with Gasteiger partial charge in [-0.15, -0.1) is 12.4 Å². The molecule has 6 nitrogen and oxygen atoms in total. The summed E-state index contributed by atoms with van der Waals surface area (Å²) in [5.74, 6) is 1.42. The number of benzene rings is 1. The summed E-state index contributed by atoms with van der Waals surface area (Å²) in [6.45, 7) is 6.89. The molecule has 0 aromatic heterocycles. The molecule has 1 aliphatic rings. The third kappa shape index (κ3) is 6.09. The number of nitrogens with zero attached hydrogens (tertiary/aromatic N) is 3. The van der Waals surface area contributed by atoms with E-state index in [4.69, 9.17) is 16.2 Å². The number of nitrogens with two attached hydrogens (primary N) is 2. The highest BCUT2D eigenvalue weighted by molar-refractivity contribution is 6.05. The maximum absolute atomic E-state index is 6.05. The van der Waals surface area contributed by atoms with E-state index >= 15 is 0 Å². The highest BCUT2D eigenvalue weighted by Crippen LogP contribution is 2.28. The molecule has 0 saturated carbocycles. The maximum Gasteiger partial charge on any atom is 0.220 e. The van der Waals surface area contributed by atoms with Crippen molar-refractivity contribution in [3.05, 3.63) is 24.3 Å². The van der Waals surface area contributed by atoms with Gasteiger partial charge in [-0.2, -0.15) is 4.99 Å². The lowest BCUT2D eigenvalue weighted by Crippen LogP contribution is -2.54. The Morgan fingerprint density at radius 3 is 2.23 bits per heavy atom. The number of rotatable bonds is 9. The van der Waals surface area contributed by atoms with E-state index in [1.165, 1.54) is 32.1 Å². The Kier molecular flexibility index (Phi) is 8.72. The molecule has 0 bridgehead atoms. The van der Waals surface area contributed by atoms with Crippen molar-refractivity contribution in [1.82, 2.24) is 0 Å². The van der Waals surface area contributed by atoms with Crippen LogP contribution in [0, 0.1) is 0 Å². The molecule has 0 atom stereocenters. The van der Waals surface area contributed by atoms with Gasteiger partial charge < -0.3 is 16.2 Å². The van der Waals surface area contributed by atoms with Gasteiger partial charge in [-0.3, -0.25) is 4.90 Å². The molecule has 4 N–H and O–H groups in total. The van der Waals surface area contributed by atoms with E-state index in [0.717, 1.165) is 24.5 Å². The van der Waals surface area contributed by atoms with Gasteiger partial charge in [0.25, 0.3) is 0 Å². The summed E-state index contributed by atoms with van der Waals surface area (Å²) in [7, 11) is 0. The van der Waals surface area contributed by atoms with Crippen LogP contribution in [0.25, 0.3) is 0 Å². The molecule has 1 aliphatic heterocycles. The average molecular weight is 382 g/mol. The quantitative estimate of drug-likeness (QED) is 0.632. The monoisotopic (exact) mass is 381 g/mol. The van der Waals surface area contributed by atoms with Crippen LogP contribution in [0.5, 0.6) is 5.75 Å². The molecular formula is C19H32ClN5O. The number of hydrogen-bond acceptors (Lipinski definition) is 6. The van der Waals surface area contributed by atoms with Gasteiger partial charge in [0, 0.05) is 5.69 Å². The fourth-order valence-corrected chi connectivity index (χ4v) is 3.02. The van der Waals surface area contributed by atoms with E-state index in [2.05, 4.69) is 16.9 Å². The smallest absolute Gasteiger partial charge is 0.220 e. The highest BCUT2D eigenvalue weighted by Gasteiger charge is 2.32. The summed E-state index contributed by atoms with van der Waals surface area (Å²) in [6.07, 6.45) is 7.56. The van der Waals surface area contributed by atoms with Crippen LogP contribution in [0.4, 0.5) is 5.69 Å². The topological polar surface area (TPSA) is 89.2 Å². The fraction of sp³-hybridized carbons (Fsp3) is 0.579. The van der Waals surface area contributed by atoms with Gasteiger partial charge in [0.15, 0.2) is 0 Å². The van der Waals surface area contributed by atoms with E-state index in [0.29, 0.717) is 5.96 Å². The Labute approximate surface area is 163 Å². The molecule has 1 heterocycles. The number of halogens is 1. The van der Waals surface area contributed by atoms with Crippen molar-refractivity contribution < 1.29 is 4.74 Å². The molecule has 1 aromatic carbocycles. The van der Waals surface area contributed by atoms with Crippen molar-refractivity contribution in [1.29, 1.82) is 0 Å². The van der Waals surface area contributed by atoms with Gasteiger partial charge in [0.05, 0.1) is 6.61 Å².